The molecule has 9 heteroatoms. The van der Waals surface area contributed by atoms with E-state index in [1.807, 2.05) is 6.08 Å². The van der Waals surface area contributed by atoms with Crippen molar-refractivity contribution in [2.24, 2.45) is 20.0 Å². The molecule has 5 heterocycles. The Morgan fingerprint density at radius 2 is 0.622 bits per heavy atom. The summed E-state index contributed by atoms with van der Waals surface area (Å²) in [5.74, 6) is 0. The van der Waals surface area contributed by atoms with E-state index in [1.54, 1.807) is 0 Å². The van der Waals surface area contributed by atoms with Crippen LogP contribution in [0.5, 0.6) is 0 Å². The van der Waals surface area contributed by atoms with Crippen LogP contribution >= 0.6 is 0 Å². The number of carbonyl (C=O) groups excluding carboxylic acids is 1. The molecule has 4 aromatic rings. The summed E-state index contributed by atoms with van der Waals surface area (Å²) in [5.41, 5.74) is 17.9. The Morgan fingerprint density at radius 1 is 0.341 bits per heavy atom. The maximum atomic E-state index is 14.1. The maximum Gasteiger partial charge on any atom is 0.152 e. The first-order valence-corrected chi connectivity index (χ1v) is 31.0. The normalized spacial score (nSPS) is 22.4. The first-order valence-electron chi connectivity index (χ1n) is 31.0. The smallest absolute Gasteiger partial charge is 0.152 e. The molecule has 9 aliphatic rings. The van der Waals surface area contributed by atoms with Crippen molar-refractivity contribution in [2.45, 2.75) is 178 Å². The van der Waals surface area contributed by atoms with Gasteiger partial charge in [0.1, 0.15) is 0 Å². The maximum absolute atomic E-state index is 14.1. The quantitative estimate of drug-likeness (QED) is 0.0996. The van der Waals surface area contributed by atoms with Crippen LogP contribution in [0.3, 0.4) is 0 Å². The van der Waals surface area contributed by atoms with Crippen LogP contribution < -0.4 is 21.3 Å². The summed E-state index contributed by atoms with van der Waals surface area (Å²) < 4.78 is 0. The highest BCUT2D eigenvalue weighted by Crippen LogP contribution is 2.46. The predicted octanol–water partition coefficient (Wildman–Crippen LogP) is 17.8. The Labute approximate surface area is 486 Å². The largest absolute Gasteiger partial charge is 0.379 e. The minimum absolute atomic E-state index is 0.0550. The zero-order chi connectivity index (χ0) is 55.9. The van der Waals surface area contributed by atoms with E-state index >= 15 is 0 Å². The monoisotopic (exact) mass is 1080 g/mol. The van der Waals surface area contributed by atoms with Gasteiger partial charge in [0.2, 0.25) is 0 Å². The van der Waals surface area contributed by atoms with Gasteiger partial charge >= 0.3 is 0 Å². The van der Waals surface area contributed by atoms with Gasteiger partial charge in [0.15, 0.2) is 6.29 Å². The number of aliphatic imine (C=N–C) groups is 4. The highest BCUT2D eigenvalue weighted by molar-refractivity contribution is 6.41. The van der Waals surface area contributed by atoms with Crippen LogP contribution in [0.2, 0.25) is 0 Å². The van der Waals surface area contributed by atoms with E-state index in [1.165, 1.54) is 77.0 Å². The second kappa shape index (κ2) is 22.3. The van der Waals surface area contributed by atoms with E-state index in [2.05, 4.69) is 182 Å². The van der Waals surface area contributed by atoms with E-state index in [-0.39, 0.29) is 22.2 Å². The molecule has 0 atom stereocenters. The predicted molar refractivity (Wildman–Crippen MR) is 345 cm³/mol. The van der Waals surface area contributed by atoms with E-state index in [0.29, 0.717) is 17.0 Å². The second-order valence-corrected chi connectivity index (χ2v) is 25.9. The van der Waals surface area contributed by atoms with Gasteiger partial charge in [-0.15, -0.1) is 0 Å². The summed E-state index contributed by atoms with van der Waals surface area (Å²) in [6.45, 7) is 9.50. The highest BCUT2D eigenvalue weighted by atomic mass is 16.1. The Hall–Kier alpha value is -7.65. The van der Waals surface area contributed by atoms with E-state index < -0.39 is 0 Å². The lowest BCUT2D eigenvalue weighted by molar-refractivity contribution is -0.104. The highest BCUT2D eigenvalue weighted by Gasteiger charge is 2.36. The van der Waals surface area contributed by atoms with Crippen molar-refractivity contribution < 1.29 is 4.79 Å². The van der Waals surface area contributed by atoms with Gasteiger partial charge in [-0.25, -0.2) is 20.0 Å². The SMILES string of the molecule is CC1(Nc2ccccc2C2=C3C=CC(=N3)C(c3ccccc3NC3(C)CCCCC3)=C3C=CC(=N3)C(c3ccccc3NC3(C)CCCCC3)=C3N=C(C=C3C=O)C(c3ccccc3NC3(C)CCCCC3)=C3C=CC2=N3)CCCCC1. The van der Waals surface area contributed by atoms with Gasteiger partial charge in [0, 0.05) is 95.0 Å². The van der Waals surface area contributed by atoms with E-state index in [0.717, 1.165) is 159 Å². The number of nitrogens with one attached hydrogen (secondary N) is 4. The van der Waals surface area contributed by atoms with Crippen LogP contribution in [0, 0.1) is 0 Å². The van der Waals surface area contributed by atoms with E-state index in [9.17, 15) is 4.79 Å². The lowest BCUT2D eigenvalue weighted by atomic mass is 9.82. The van der Waals surface area contributed by atoms with Crippen LogP contribution in [0.4, 0.5) is 22.7 Å². The third kappa shape index (κ3) is 10.7. The molecule has 0 saturated heterocycles. The Kier molecular flexibility index (Phi) is 14.6. The molecule has 0 aromatic heterocycles. The number of rotatable bonds is 13. The Balaban J connectivity index is 1.09. The third-order valence-corrected chi connectivity index (χ3v) is 19.2. The molecule has 13 rings (SSSR count). The van der Waals surface area contributed by atoms with Gasteiger partial charge in [0.25, 0.3) is 0 Å². The number of anilines is 4. The molecule has 4 fully saturated rings. The summed E-state index contributed by atoms with van der Waals surface area (Å²) in [5, 5.41) is 16.4. The lowest BCUT2D eigenvalue weighted by Gasteiger charge is -2.36. The van der Waals surface area contributed by atoms with Crippen LogP contribution in [-0.4, -0.2) is 51.3 Å². The molecule has 8 bridgehead atoms. The third-order valence-electron chi connectivity index (χ3n) is 19.2. The molecule has 0 spiro atoms. The number of hydrogen-bond acceptors (Lipinski definition) is 9. The Bertz CT molecular complexity index is 3610. The fourth-order valence-corrected chi connectivity index (χ4v) is 14.8. The summed E-state index contributed by atoms with van der Waals surface area (Å²) in [6.07, 6.45) is 39.3. The van der Waals surface area contributed by atoms with Gasteiger partial charge in [-0.1, -0.05) is 150 Å². The van der Waals surface area contributed by atoms with Gasteiger partial charge in [0.05, 0.1) is 45.6 Å². The van der Waals surface area contributed by atoms with Crippen molar-refractivity contribution in [2.75, 3.05) is 21.3 Å². The number of aldehydes is 1. The minimum Gasteiger partial charge on any atom is -0.379 e. The van der Waals surface area contributed by atoms with Crippen molar-refractivity contribution in [1.82, 2.24) is 0 Å². The standard InChI is InChI=1S/C73H80N8O/c1-70(39-17-5-18-40-70)78-54-29-13-9-25-50(54)65-58-33-34-59(74-58)66(51-26-10-14-30-55(51)79-71(2)41-19-6-20-42-71)61-37-38-63(76-61)68(53-28-12-16-32-57(53)81-73(4)45-23-8-24-46-73)69-49(48-82)47-64(77-69)67(62-36-35-60(65)75-62)52-27-11-15-31-56(52)80-72(3)43-21-7-22-44-72/h9-16,25-38,47-48,78-81H,5-8,17-24,39-46H2,1-4H3. The lowest BCUT2D eigenvalue weighted by Crippen LogP contribution is -2.37. The zero-order valence-electron chi connectivity index (χ0n) is 48.7. The molecule has 5 aliphatic heterocycles. The molecular weight excluding hydrogens is 1000 g/mol. The second-order valence-electron chi connectivity index (χ2n) is 25.9. The van der Waals surface area contributed by atoms with Crippen LogP contribution in [-0.2, 0) is 4.79 Å². The van der Waals surface area contributed by atoms with Crippen molar-refractivity contribution in [3.8, 4) is 0 Å². The topological polar surface area (TPSA) is 115 Å². The fraction of sp³-hybridized carbons (Fsp3) is 0.384. The fourth-order valence-electron chi connectivity index (χ4n) is 14.8. The van der Waals surface area contributed by atoms with Gasteiger partial charge in [-0.2, -0.15) is 0 Å². The van der Waals surface area contributed by atoms with Crippen molar-refractivity contribution in [1.29, 1.82) is 0 Å². The molecule has 4 aliphatic carbocycles. The molecule has 4 aromatic carbocycles. The van der Waals surface area contributed by atoms with E-state index in [4.69, 9.17) is 20.0 Å². The molecule has 0 amide bonds. The van der Waals surface area contributed by atoms with Gasteiger partial charge < -0.3 is 21.3 Å². The number of nitrogens with zero attached hydrogens (tertiary/aromatic N) is 4. The van der Waals surface area contributed by atoms with Crippen LogP contribution in [0.1, 0.15) is 178 Å². The molecule has 418 valence electrons. The summed E-state index contributed by atoms with van der Waals surface area (Å²) in [4.78, 5) is 37.2. The summed E-state index contributed by atoms with van der Waals surface area (Å²) >= 11 is 0. The molecule has 82 heavy (non-hydrogen) atoms. The first-order chi connectivity index (χ1) is 40.0. The number of fused-ring (bicyclic) bond motifs is 4. The van der Waals surface area contributed by atoms with Gasteiger partial charge in [-0.05, 0) is 146 Å². The summed E-state index contributed by atoms with van der Waals surface area (Å²) in [7, 11) is 0. The van der Waals surface area contributed by atoms with Gasteiger partial charge in [-0.3, -0.25) is 4.79 Å². The minimum atomic E-state index is -0.0994. The number of allylic oxidation sites excluding steroid dienone is 12. The average molecular weight is 1090 g/mol. The molecule has 4 saturated carbocycles. The molecule has 4 N–H and O–H groups in total. The number of para-hydroxylation sites is 4. The average Bonchev–Trinajstić information content (AvgIpc) is 4.47. The van der Waals surface area contributed by atoms with Crippen molar-refractivity contribution in [3.63, 3.8) is 0 Å². The number of benzene rings is 4. The molecular formula is C73H80N8O. The zero-order valence-corrected chi connectivity index (χ0v) is 48.7. The van der Waals surface area contributed by atoms with Crippen LogP contribution in [0.25, 0.3) is 22.3 Å². The Morgan fingerprint density at radius 3 is 0.939 bits per heavy atom. The molecule has 0 radical (unpaired) electrons. The van der Waals surface area contributed by atoms with Crippen molar-refractivity contribution in [3.05, 3.63) is 190 Å². The van der Waals surface area contributed by atoms with Crippen molar-refractivity contribution >= 4 is 74.2 Å². The molecule has 0 unspecified atom stereocenters. The summed E-state index contributed by atoms with van der Waals surface area (Å²) in [6, 6.07) is 34.7. The van der Waals surface area contributed by atoms with Crippen LogP contribution in [0.15, 0.2) is 188 Å². The number of carbonyl (C=O) groups is 1. The number of hydrogen-bond donors (Lipinski definition) is 4. The molecule has 9 nitrogen and oxygen atoms in total. The first kappa shape index (κ1) is 53.6.